The average molecular weight is 316 g/mol. The largest absolute Gasteiger partial charge is 0.319 e. The molecule has 20 heavy (non-hydrogen) atoms. The Hall–Kier alpha value is -0.0100. The van der Waals surface area contributed by atoms with Gasteiger partial charge in [0.2, 0.25) is 0 Å². The summed E-state index contributed by atoms with van der Waals surface area (Å²) in [7, 11) is 0. The molecule has 0 amide bonds. The van der Waals surface area contributed by atoms with Crippen LogP contribution in [0, 0.1) is 0 Å². The summed E-state index contributed by atoms with van der Waals surface area (Å²) in [6.45, 7) is 8.75. The Morgan fingerprint density at radius 3 is 1.95 bits per heavy atom. The van der Waals surface area contributed by atoms with Gasteiger partial charge in [0.25, 0.3) is 0 Å². The van der Waals surface area contributed by atoms with Gasteiger partial charge in [-0.15, -0.1) is 0 Å². The topological polar surface area (TPSA) is 6.48 Å². The summed E-state index contributed by atoms with van der Waals surface area (Å²) in [5, 5.41) is 0. The second-order valence-corrected chi connectivity index (χ2v) is 8.06. The van der Waals surface area contributed by atoms with Crippen molar-refractivity contribution >= 4 is 11.8 Å². The summed E-state index contributed by atoms with van der Waals surface area (Å²) < 4.78 is 50.4. The molecular formula is C13H24F4N2S. The van der Waals surface area contributed by atoms with Crippen LogP contribution in [0.3, 0.4) is 0 Å². The van der Waals surface area contributed by atoms with E-state index in [0.717, 1.165) is 12.3 Å². The van der Waals surface area contributed by atoms with Crippen molar-refractivity contribution in [1.82, 2.24) is 9.80 Å². The van der Waals surface area contributed by atoms with E-state index in [1.165, 1.54) is 4.90 Å². The third kappa shape index (κ3) is 6.63. The van der Waals surface area contributed by atoms with Crippen LogP contribution in [0.1, 0.15) is 20.8 Å². The fourth-order valence-corrected chi connectivity index (χ4v) is 2.98. The molecule has 2 nitrogen and oxygen atoms in total. The Labute approximate surface area is 122 Å². The monoisotopic (exact) mass is 316 g/mol. The van der Waals surface area contributed by atoms with E-state index in [1.807, 2.05) is 11.8 Å². The lowest BCUT2D eigenvalue weighted by molar-refractivity contribution is -0.144. The van der Waals surface area contributed by atoms with Crippen molar-refractivity contribution in [1.29, 1.82) is 0 Å². The van der Waals surface area contributed by atoms with Crippen molar-refractivity contribution in [3.05, 3.63) is 0 Å². The molecule has 120 valence electrons. The average Bonchev–Trinajstić information content (AvgIpc) is 2.29. The first kappa shape index (κ1) is 18.0. The van der Waals surface area contributed by atoms with Crippen molar-refractivity contribution < 1.29 is 17.6 Å². The third-order valence-corrected chi connectivity index (χ3v) is 4.41. The molecule has 0 N–H and O–H groups in total. The summed E-state index contributed by atoms with van der Waals surface area (Å²) in [6.07, 6.45) is -3.58. The van der Waals surface area contributed by atoms with Crippen molar-refractivity contribution in [3.8, 4) is 0 Å². The van der Waals surface area contributed by atoms with Crippen LogP contribution in [0.25, 0.3) is 0 Å². The highest BCUT2D eigenvalue weighted by atomic mass is 32.2. The molecule has 1 aliphatic rings. The van der Waals surface area contributed by atoms with Gasteiger partial charge < -0.3 is 0 Å². The molecule has 0 atom stereocenters. The molecule has 1 heterocycles. The molecule has 7 heteroatoms. The van der Waals surface area contributed by atoms with Crippen LogP contribution in [0.5, 0.6) is 0 Å². The van der Waals surface area contributed by atoms with E-state index in [-0.39, 0.29) is 4.75 Å². The molecule has 0 spiro atoms. The van der Waals surface area contributed by atoms with Gasteiger partial charge in [-0.25, -0.2) is 8.78 Å². The first-order chi connectivity index (χ1) is 9.10. The van der Waals surface area contributed by atoms with Crippen LogP contribution in [-0.2, 0) is 0 Å². The zero-order valence-electron chi connectivity index (χ0n) is 12.3. The quantitative estimate of drug-likeness (QED) is 0.696. The SMILES string of the molecule is CC(C)(C)SCCN1CCN(CC(F)(F)C(F)F)CC1. The van der Waals surface area contributed by atoms with Gasteiger partial charge >= 0.3 is 12.3 Å². The Balaban J connectivity index is 2.23. The maximum Gasteiger partial charge on any atom is 0.319 e. The summed E-state index contributed by atoms with van der Waals surface area (Å²) in [5.41, 5.74) is 0. The van der Waals surface area contributed by atoms with E-state index in [9.17, 15) is 17.6 Å². The minimum atomic E-state index is -3.90. The molecule has 0 bridgehead atoms. The van der Waals surface area contributed by atoms with Crippen molar-refractivity contribution in [3.63, 3.8) is 0 Å². The highest BCUT2D eigenvalue weighted by molar-refractivity contribution is 8.00. The summed E-state index contributed by atoms with van der Waals surface area (Å²) in [4.78, 5) is 3.63. The number of thioether (sulfide) groups is 1. The minimum Gasteiger partial charge on any atom is -0.300 e. The fraction of sp³-hybridized carbons (Fsp3) is 1.00. The standard InChI is InChI=1S/C13H24F4N2S/c1-12(2,3)20-9-8-18-4-6-19(7-5-18)10-13(16,17)11(14)15/h11H,4-10H2,1-3H3. The number of hydrogen-bond donors (Lipinski definition) is 0. The number of alkyl halides is 4. The molecule has 0 saturated carbocycles. The lowest BCUT2D eigenvalue weighted by Gasteiger charge is -2.36. The van der Waals surface area contributed by atoms with Gasteiger partial charge in [0.05, 0.1) is 6.54 Å². The first-order valence-corrected chi connectivity index (χ1v) is 7.83. The molecule has 1 aliphatic heterocycles. The van der Waals surface area contributed by atoms with Gasteiger partial charge in [-0.2, -0.15) is 20.5 Å². The smallest absolute Gasteiger partial charge is 0.300 e. The first-order valence-electron chi connectivity index (χ1n) is 6.85. The predicted octanol–water partition coefficient (Wildman–Crippen LogP) is 3.04. The van der Waals surface area contributed by atoms with Crippen LogP contribution in [0.15, 0.2) is 0 Å². The van der Waals surface area contributed by atoms with E-state index >= 15 is 0 Å². The van der Waals surface area contributed by atoms with E-state index in [2.05, 4.69) is 25.7 Å². The van der Waals surface area contributed by atoms with Crippen LogP contribution in [-0.4, -0.2) is 71.9 Å². The van der Waals surface area contributed by atoms with Crippen LogP contribution < -0.4 is 0 Å². The molecule has 0 radical (unpaired) electrons. The van der Waals surface area contributed by atoms with Gasteiger partial charge in [-0.3, -0.25) is 9.80 Å². The lowest BCUT2D eigenvalue weighted by Crippen LogP contribution is -2.51. The fourth-order valence-electron chi connectivity index (χ4n) is 2.02. The Bertz CT molecular complexity index is 287. The molecule has 0 aliphatic carbocycles. The zero-order chi connectivity index (χ0) is 15.4. The van der Waals surface area contributed by atoms with Gasteiger partial charge in [0.1, 0.15) is 0 Å². The number of rotatable bonds is 6. The number of piperazine rings is 1. The third-order valence-electron chi connectivity index (χ3n) is 3.16. The second kappa shape index (κ2) is 7.31. The number of nitrogens with zero attached hydrogens (tertiary/aromatic N) is 2. The maximum atomic E-state index is 13.0. The Morgan fingerprint density at radius 1 is 1.00 bits per heavy atom. The molecule has 1 fully saturated rings. The molecule has 0 aromatic rings. The molecule has 1 saturated heterocycles. The summed E-state index contributed by atoms with van der Waals surface area (Å²) >= 11 is 1.87. The normalized spacial score (nSPS) is 19.8. The number of halogens is 4. The predicted molar refractivity (Wildman–Crippen MR) is 76.0 cm³/mol. The van der Waals surface area contributed by atoms with Crippen molar-refractivity contribution in [2.45, 2.75) is 37.9 Å². The van der Waals surface area contributed by atoms with Gasteiger partial charge in [-0.1, -0.05) is 20.8 Å². The van der Waals surface area contributed by atoms with E-state index in [1.54, 1.807) is 0 Å². The number of hydrogen-bond acceptors (Lipinski definition) is 3. The van der Waals surface area contributed by atoms with Crippen molar-refractivity contribution in [2.24, 2.45) is 0 Å². The second-order valence-electron chi connectivity index (χ2n) is 6.14. The zero-order valence-corrected chi connectivity index (χ0v) is 13.2. The van der Waals surface area contributed by atoms with E-state index in [0.29, 0.717) is 26.2 Å². The lowest BCUT2D eigenvalue weighted by atomic mass is 10.2. The Morgan fingerprint density at radius 2 is 1.50 bits per heavy atom. The minimum absolute atomic E-state index is 0.223. The maximum absolute atomic E-state index is 13.0. The molecule has 0 aromatic heterocycles. The molecule has 1 rings (SSSR count). The van der Waals surface area contributed by atoms with E-state index < -0.39 is 18.9 Å². The summed E-state index contributed by atoms with van der Waals surface area (Å²) in [5.74, 6) is -2.90. The molecule has 0 unspecified atom stereocenters. The van der Waals surface area contributed by atoms with Gasteiger partial charge in [0, 0.05) is 43.2 Å². The summed E-state index contributed by atoms with van der Waals surface area (Å²) in [6, 6.07) is 0. The highest BCUT2D eigenvalue weighted by Crippen LogP contribution is 2.25. The van der Waals surface area contributed by atoms with Gasteiger partial charge in [-0.05, 0) is 0 Å². The van der Waals surface area contributed by atoms with Gasteiger partial charge in [0.15, 0.2) is 0 Å². The molecule has 0 aromatic carbocycles. The van der Waals surface area contributed by atoms with E-state index in [4.69, 9.17) is 0 Å². The van der Waals surface area contributed by atoms with Crippen LogP contribution in [0.4, 0.5) is 17.6 Å². The molecular weight excluding hydrogens is 292 g/mol. The Kier molecular flexibility index (Phi) is 6.60. The highest BCUT2D eigenvalue weighted by Gasteiger charge is 2.42. The van der Waals surface area contributed by atoms with Crippen molar-refractivity contribution in [2.75, 3.05) is 45.0 Å². The van der Waals surface area contributed by atoms with Crippen LogP contribution in [0.2, 0.25) is 0 Å². The van der Waals surface area contributed by atoms with Crippen LogP contribution >= 0.6 is 11.8 Å².